The third-order valence-corrected chi connectivity index (χ3v) is 5.35. The van der Waals surface area contributed by atoms with E-state index in [-0.39, 0.29) is 18.0 Å². The molecule has 0 spiro atoms. The number of nitrogens with zero attached hydrogens (tertiary/aromatic N) is 1. The fourth-order valence-corrected chi connectivity index (χ4v) is 3.77. The van der Waals surface area contributed by atoms with Crippen molar-refractivity contribution in [3.05, 3.63) is 35.2 Å². The number of aryl methyl sites for hydroxylation is 2. The molecule has 1 aromatic carbocycles. The summed E-state index contributed by atoms with van der Waals surface area (Å²) in [6.07, 6.45) is 0. The van der Waals surface area contributed by atoms with E-state index in [2.05, 4.69) is 20.2 Å². The highest BCUT2D eigenvalue weighted by atomic mass is 32.2. The Morgan fingerprint density at radius 2 is 1.88 bits per heavy atom. The van der Waals surface area contributed by atoms with Crippen molar-refractivity contribution in [2.24, 2.45) is 0 Å². The van der Waals surface area contributed by atoms with E-state index in [0.29, 0.717) is 22.9 Å². The Morgan fingerprint density at radius 3 is 2.46 bits per heavy atom. The van der Waals surface area contributed by atoms with Gasteiger partial charge in [-0.1, -0.05) is 6.07 Å². The lowest BCUT2D eigenvalue weighted by Crippen LogP contribution is -2.36. The van der Waals surface area contributed by atoms with Crippen molar-refractivity contribution in [2.45, 2.75) is 25.3 Å². The van der Waals surface area contributed by atoms with Crippen LogP contribution in [0.15, 0.2) is 23.1 Å². The van der Waals surface area contributed by atoms with E-state index in [9.17, 15) is 13.2 Å². The van der Waals surface area contributed by atoms with E-state index < -0.39 is 15.9 Å². The number of benzene rings is 1. The van der Waals surface area contributed by atoms with Crippen LogP contribution in [0.1, 0.15) is 17.0 Å². The molecule has 0 unspecified atom stereocenters. The van der Waals surface area contributed by atoms with Gasteiger partial charge < -0.3 is 14.8 Å². The van der Waals surface area contributed by atoms with E-state index >= 15 is 0 Å². The molecular formula is C16H22N4O5S. The lowest BCUT2D eigenvalue weighted by atomic mass is 10.2. The largest absolute Gasteiger partial charge is 0.493 e. The zero-order chi connectivity index (χ0) is 19.3. The van der Waals surface area contributed by atoms with Crippen molar-refractivity contribution in [1.82, 2.24) is 20.2 Å². The Hall–Kier alpha value is -2.59. The number of amides is 1. The van der Waals surface area contributed by atoms with Gasteiger partial charge >= 0.3 is 0 Å². The third-order valence-electron chi connectivity index (χ3n) is 3.69. The molecule has 0 fully saturated rings. The summed E-state index contributed by atoms with van der Waals surface area (Å²) in [5.41, 5.74) is 1.56. The molecule has 3 N–H and O–H groups in total. The summed E-state index contributed by atoms with van der Waals surface area (Å²) in [6.45, 7) is 3.03. The Bertz CT molecular complexity index is 873. The summed E-state index contributed by atoms with van der Waals surface area (Å²) >= 11 is 0. The Kier molecular flexibility index (Phi) is 6.22. The third kappa shape index (κ3) is 4.52. The predicted molar refractivity (Wildman–Crippen MR) is 94.6 cm³/mol. The van der Waals surface area contributed by atoms with Crippen molar-refractivity contribution in [1.29, 1.82) is 0 Å². The molecule has 0 aliphatic carbocycles. The maximum absolute atomic E-state index is 12.3. The summed E-state index contributed by atoms with van der Waals surface area (Å²) < 4.78 is 37.2. The quantitative estimate of drug-likeness (QED) is 0.616. The van der Waals surface area contributed by atoms with Gasteiger partial charge in [0.1, 0.15) is 4.90 Å². The van der Waals surface area contributed by atoms with Crippen LogP contribution in [0.4, 0.5) is 0 Å². The van der Waals surface area contributed by atoms with Crippen molar-refractivity contribution in [3.63, 3.8) is 0 Å². The first kappa shape index (κ1) is 19.7. The summed E-state index contributed by atoms with van der Waals surface area (Å²) in [7, 11) is -0.758. The van der Waals surface area contributed by atoms with Gasteiger partial charge in [-0.3, -0.25) is 9.89 Å². The lowest BCUT2D eigenvalue weighted by molar-refractivity contribution is -0.120. The number of carbonyl (C=O) groups is 1. The molecule has 9 nitrogen and oxygen atoms in total. The topological polar surface area (TPSA) is 122 Å². The zero-order valence-electron chi connectivity index (χ0n) is 15.0. The smallest absolute Gasteiger partial charge is 0.244 e. The SMILES string of the molecule is COc1ccc(CNC(=O)CNS(=O)(=O)c2c(C)n[nH]c2C)cc1OC. The number of sulfonamides is 1. The molecule has 2 aromatic rings. The van der Waals surface area contributed by atoms with Crippen LogP contribution in [0.3, 0.4) is 0 Å². The number of aromatic amines is 1. The lowest BCUT2D eigenvalue weighted by Gasteiger charge is -2.11. The minimum Gasteiger partial charge on any atom is -0.493 e. The fraction of sp³-hybridized carbons (Fsp3) is 0.375. The zero-order valence-corrected chi connectivity index (χ0v) is 15.9. The van der Waals surface area contributed by atoms with Gasteiger partial charge in [0.15, 0.2) is 11.5 Å². The number of methoxy groups -OCH3 is 2. The van der Waals surface area contributed by atoms with Crippen molar-refractivity contribution in [3.8, 4) is 11.5 Å². The average molecular weight is 382 g/mol. The molecule has 0 aliphatic heterocycles. The van der Waals surface area contributed by atoms with Crippen LogP contribution in [0.5, 0.6) is 11.5 Å². The standard InChI is InChI=1S/C16H22N4O5S/c1-10-16(11(2)20-19-10)26(22,23)18-9-15(21)17-8-12-5-6-13(24-3)14(7-12)25-4/h5-7,18H,8-9H2,1-4H3,(H,17,21)(H,19,20). The molecule has 2 rings (SSSR count). The highest BCUT2D eigenvalue weighted by Gasteiger charge is 2.22. The van der Waals surface area contributed by atoms with Crippen molar-refractivity contribution in [2.75, 3.05) is 20.8 Å². The number of hydrogen-bond donors (Lipinski definition) is 3. The van der Waals surface area contributed by atoms with Crippen LogP contribution in [0, 0.1) is 13.8 Å². The second-order valence-electron chi connectivity index (χ2n) is 5.55. The normalized spacial score (nSPS) is 11.2. The van der Waals surface area contributed by atoms with E-state index in [4.69, 9.17) is 9.47 Å². The summed E-state index contributed by atoms with van der Waals surface area (Å²) in [4.78, 5) is 12.0. The van der Waals surface area contributed by atoms with E-state index in [0.717, 1.165) is 5.56 Å². The molecule has 0 radical (unpaired) electrons. The van der Waals surface area contributed by atoms with Crippen LogP contribution in [-0.4, -0.2) is 45.3 Å². The minimum atomic E-state index is -3.82. The van der Waals surface area contributed by atoms with Gasteiger partial charge in [-0.25, -0.2) is 13.1 Å². The number of aromatic nitrogens is 2. The Balaban J connectivity index is 1.93. The molecule has 0 saturated heterocycles. The van der Waals surface area contributed by atoms with E-state index in [1.54, 1.807) is 32.0 Å². The monoisotopic (exact) mass is 382 g/mol. The molecule has 0 bridgehead atoms. The van der Waals surface area contributed by atoms with Crippen LogP contribution in [-0.2, 0) is 21.4 Å². The van der Waals surface area contributed by atoms with Crippen LogP contribution < -0.4 is 19.5 Å². The first-order valence-electron chi connectivity index (χ1n) is 7.77. The average Bonchev–Trinajstić information content (AvgIpc) is 2.97. The van der Waals surface area contributed by atoms with Gasteiger partial charge in [-0.15, -0.1) is 0 Å². The van der Waals surface area contributed by atoms with E-state index in [1.165, 1.54) is 14.2 Å². The molecule has 1 aromatic heterocycles. The highest BCUT2D eigenvalue weighted by Crippen LogP contribution is 2.27. The van der Waals surface area contributed by atoms with Crippen LogP contribution >= 0.6 is 0 Å². The summed E-state index contributed by atoms with van der Waals surface area (Å²) in [6, 6.07) is 5.25. The number of hydrogen-bond acceptors (Lipinski definition) is 6. The maximum Gasteiger partial charge on any atom is 0.244 e. The van der Waals surface area contributed by atoms with Crippen LogP contribution in [0.25, 0.3) is 0 Å². The first-order chi connectivity index (χ1) is 12.3. The highest BCUT2D eigenvalue weighted by molar-refractivity contribution is 7.89. The van der Waals surface area contributed by atoms with Gasteiger partial charge in [-0.2, -0.15) is 5.10 Å². The molecule has 0 atom stereocenters. The molecule has 10 heteroatoms. The fourth-order valence-electron chi connectivity index (χ4n) is 2.42. The molecule has 26 heavy (non-hydrogen) atoms. The Morgan fingerprint density at radius 1 is 1.19 bits per heavy atom. The second kappa shape index (κ2) is 8.19. The van der Waals surface area contributed by atoms with Gasteiger partial charge in [0.25, 0.3) is 0 Å². The van der Waals surface area contributed by atoms with Crippen molar-refractivity contribution >= 4 is 15.9 Å². The number of H-pyrrole nitrogens is 1. The molecule has 1 heterocycles. The molecule has 0 saturated carbocycles. The van der Waals surface area contributed by atoms with Gasteiger partial charge in [-0.05, 0) is 31.5 Å². The van der Waals surface area contributed by atoms with Gasteiger partial charge in [0.05, 0.1) is 32.2 Å². The summed E-state index contributed by atoms with van der Waals surface area (Å²) in [5.74, 6) is 0.675. The summed E-state index contributed by atoms with van der Waals surface area (Å²) in [5, 5.41) is 9.10. The molecule has 142 valence electrons. The van der Waals surface area contributed by atoms with Crippen molar-refractivity contribution < 1.29 is 22.7 Å². The minimum absolute atomic E-state index is 0.0604. The number of nitrogens with one attached hydrogen (secondary N) is 3. The van der Waals surface area contributed by atoms with Gasteiger partial charge in [0.2, 0.25) is 15.9 Å². The van der Waals surface area contributed by atoms with Gasteiger partial charge in [0, 0.05) is 6.54 Å². The number of rotatable bonds is 8. The van der Waals surface area contributed by atoms with Crippen LogP contribution in [0.2, 0.25) is 0 Å². The Labute approximate surface area is 152 Å². The maximum atomic E-state index is 12.3. The molecular weight excluding hydrogens is 360 g/mol. The van der Waals surface area contributed by atoms with E-state index in [1.807, 2.05) is 0 Å². The first-order valence-corrected chi connectivity index (χ1v) is 9.25. The molecule has 1 amide bonds. The number of ether oxygens (including phenoxy) is 2. The molecule has 0 aliphatic rings. The second-order valence-corrected chi connectivity index (χ2v) is 7.26. The number of carbonyl (C=O) groups excluding carboxylic acids is 1. The predicted octanol–water partition coefficient (Wildman–Crippen LogP) is 0.638.